The Bertz CT molecular complexity index is 946. The third-order valence-corrected chi connectivity index (χ3v) is 4.65. The fourth-order valence-electron chi connectivity index (χ4n) is 3.38. The van der Waals surface area contributed by atoms with Crippen LogP contribution in [0, 0.1) is 34.6 Å². The molecule has 0 radical (unpaired) electrons. The Balaban J connectivity index is 1.84. The molecule has 0 aliphatic carbocycles. The number of benzene rings is 2. The number of hydrogen-bond acceptors (Lipinski definition) is 4. The molecule has 0 saturated heterocycles. The van der Waals surface area contributed by atoms with E-state index in [1.165, 1.54) is 0 Å². The summed E-state index contributed by atoms with van der Waals surface area (Å²) in [5.74, 6) is -0.713. The lowest BCUT2D eigenvalue weighted by atomic mass is 10.1. The van der Waals surface area contributed by atoms with Gasteiger partial charge in [0.1, 0.15) is 0 Å². The van der Waals surface area contributed by atoms with Gasteiger partial charge in [-0.1, -0.05) is 35.4 Å². The first-order valence-electron chi connectivity index (χ1n) is 9.79. The number of nitrogens with one attached hydrogen (secondary N) is 3. The standard InChI is InChI=1S/C23H30N4O3/c1-14-7-8-19(16(3)9-14)24-23(30)26-21(29)13-27(6)12-20(28)25-22-17(4)10-15(2)11-18(22)5/h7-11H,12-13H2,1-6H3,(H,25,28)(H2,24,26,29,30). The van der Waals surface area contributed by atoms with Gasteiger partial charge in [0.15, 0.2) is 0 Å². The highest BCUT2D eigenvalue weighted by Gasteiger charge is 2.15. The molecule has 30 heavy (non-hydrogen) atoms. The van der Waals surface area contributed by atoms with Crippen molar-refractivity contribution in [2.75, 3.05) is 30.8 Å². The third kappa shape index (κ3) is 6.70. The largest absolute Gasteiger partial charge is 0.325 e. The van der Waals surface area contributed by atoms with E-state index in [9.17, 15) is 14.4 Å². The number of imide groups is 1. The number of likely N-dealkylation sites (N-methyl/N-ethyl adjacent to an activating group) is 1. The van der Waals surface area contributed by atoms with Crippen LogP contribution in [0.5, 0.6) is 0 Å². The molecular formula is C23H30N4O3. The van der Waals surface area contributed by atoms with Crippen LogP contribution in [-0.2, 0) is 9.59 Å². The second-order valence-corrected chi connectivity index (χ2v) is 7.81. The summed E-state index contributed by atoms with van der Waals surface area (Å²) in [7, 11) is 1.65. The first-order valence-corrected chi connectivity index (χ1v) is 9.79. The van der Waals surface area contributed by atoms with Crippen molar-refractivity contribution in [1.29, 1.82) is 0 Å². The molecule has 2 rings (SSSR count). The van der Waals surface area contributed by atoms with Gasteiger partial charge in [-0.2, -0.15) is 0 Å². The van der Waals surface area contributed by atoms with E-state index in [2.05, 4.69) is 16.0 Å². The average molecular weight is 411 g/mol. The third-order valence-electron chi connectivity index (χ3n) is 4.65. The Morgan fingerprint density at radius 3 is 1.93 bits per heavy atom. The number of aryl methyl sites for hydroxylation is 5. The Morgan fingerprint density at radius 1 is 0.767 bits per heavy atom. The van der Waals surface area contributed by atoms with E-state index in [0.717, 1.165) is 33.5 Å². The lowest BCUT2D eigenvalue weighted by molar-refractivity contribution is -0.122. The molecule has 0 saturated carbocycles. The van der Waals surface area contributed by atoms with Gasteiger partial charge in [0.2, 0.25) is 11.8 Å². The highest BCUT2D eigenvalue weighted by Crippen LogP contribution is 2.21. The maximum atomic E-state index is 12.4. The van der Waals surface area contributed by atoms with Crippen LogP contribution >= 0.6 is 0 Å². The summed E-state index contributed by atoms with van der Waals surface area (Å²) < 4.78 is 0. The maximum absolute atomic E-state index is 12.4. The molecule has 0 aliphatic rings. The van der Waals surface area contributed by atoms with E-state index in [4.69, 9.17) is 0 Å². The lowest BCUT2D eigenvalue weighted by Crippen LogP contribution is -2.42. The van der Waals surface area contributed by atoms with Gasteiger partial charge in [-0.15, -0.1) is 0 Å². The van der Waals surface area contributed by atoms with E-state index in [1.54, 1.807) is 18.0 Å². The van der Waals surface area contributed by atoms with Gasteiger partial charge in [-0.3, -0.25) is 19.8 Å². The molecule has 0 spiro atoms. The highest BCUT2D eigenvalue weighted by molar-refractivity contribution is 6.02. The van der Waals surface area contributed by atoms with Crippen LogP contribution in [0.25, 0.3) is 0 Å². The molecule has 0 heterocycles. The molecule has 7 heteroatoms. The predicted molar refractivity (Wildman–Crippen MR) is 120 cm³/mol. The second-order valence-electron chi connectivity index (χ2n) is 7.81. The van der Waals surface area contributed by atoms with Crippen LogP contribution in [0.15, 0.2) is 30.3 Å². The monoisotopic (exact) mass is 410 g/mol. The van der Waals surface area contributed by atoms with Crippen LogP contribution in [0.4, 0.5) is 16.2 Å². The van der Waals surface area contributed by atoms with Crippen molar-refractivity contribution in [2.24, 2.45) is 0 Å². The Kier molecular flexibility index (Phi) is 7.72. The Morgan fingerprint density at radius 2 is 1.33 bits per heavy atom. The highest BCUT2D eigenvalue weighted by atomic mass is 16.2. The van der Waals surface area contributed by atoms with Crippen molar-refractivity contribution >= 4 is 29.2 Å². The number of rotatable bonds is 6. The Hall–Kier alpha value is -3.19. The first kappa shape index (κ1) is 23.1. The minimum atomic E-state index is -0.601. The van der Waals surface area contributed by atoms with Crippen molar-refractivity contribution in [3.63, 3.8) is 0 Å². The molecule has 0 aromatic heterocycles. The average Bonchev–Trinajstić information content (AvgIpc) is 2.60. The molecule has 0 bridgehead atoms. The van der Waals surface area contributed by atoms with Crippen LogP contribution in [0.1, 0.15) is 27.8 Å². The molecule has 2 aromatic rings. The quantitative estimate of drug-likeness (QED) is 0.680. The predicted octanol–water partition coefficient (Wildman–Crippen LogP) is 3.45. The summed E-state index contributed by atoms with van der Waals surface area (Å²) in [5.41, 5.74) is 6.54. The van der Waals surface area contributed by atoms with Crippen molar-refractivity contribution < 1.29 is 14.4 Å². The van der Waals surface area contributed by atoms with Crippen LogP contribution < -0.4 is 16.0 Å². The summed E-state index contributed by atoms with van der Waals surface area (Å²) in [6, 6.07) is 9.04. The maximum Gasteiger partial charge on any atom is 0.325 e. The van der Waals surface area contributed by atoms with Gasteiger partial charge in [0.25, 0.3) is 0 Å². The molecule has 0 aliphatic heterocycles. The van der Waals surface area contributed by atoms with Crippen LogP contribution in [0.2, 0.25) is 0 Å². The van der Waals surface area contributed by atoms with E-state index in [0.29, 0.717) is 5.69 Å². The van der Waals surface area contributed by atoms with Gasteiger partial charge in [0, 0.05) is 11.4 Å². The zero-order valence-electron chi connectivity index (χ0n) is 18.5. The number of anilines is 2. The summed E-state index contributed by atoms with van der Waals surface area (Å²) >= 11 is 0. The molecule has 0 unspecified atom stereocenters. The van der Waals surface area contributed by atoms with Crippen molar-refractivity contribution in [3.8, 4) is 0 Å². The molecule has 0 fully saturated rings. The van der Waals surface area contributed by atoms with E-state index >= 15 is 0 Å². The van der Waals surface area contributed by atoms with Gasteiger partial charge >= 0.3 is 6.03 Å². The van der Waals surface area contributed by atoms with Crippen molar-refractivity contribution in [3.05, 3.63) is 58.1 Å². The number of amides is 4. The van der Waals surface area contributed by atoms with Gasteiger partial charge in [-0.25, -0.2) is 4.79 Å². The summed E-state index contributed by atoms with van der Waals surface area (Å²) in [6.45, 7) is 9.69. The zero-order valence-corrected chi connectivity index (χ0v) is 18.5. The van der Waals surface area contributed by atoms with Gasteiger partial charge < -0.3 is 10.6 Å². The molecule has 2 aromatic carbocycles. The first-order chi connectivity index (χ1) is 14.0. The number of urea groups is 1. The van der Waals surface area contributed by atoms with E-state index < -0.39 is 11.9 Å². The number of carbonyl (C=O) groups is 3. The van der Waals surface area contributed by atoms with E-state index in [-0.39, 0.29) is 19.0 Å². The second kappa shape index (κ2) is 10.0. The molecule has 7 nitrogen and oxygen atoms in total. The topological polar surface area (TPSA) is 90.5 Å². The minimum absolute atomic E-state index is 0.0267. The van der Waals surface area contributed by atoms with E-state index in [1.807, 2.05) is 58.9 Å². The lowest BCUT2D eigenvalue weighted by Gasteiger charge is -2.18. The van der Waals surface area contributed by atoms with Crippen molar-refractivity contribution in [2.45, 2.75) is 34.6 Å². The summed E-state index contributed by atoms with van der Waals surface area (Å²) in [6.07, 6.45) is 0. The molecule has 4 amide bonds. The smallest absolute Gasteiger partial charge is 0.324 e. The normalized spacial score (nSPS) is 10.6. The van der Waals surface area contributed by atoms with Crippen LogP contribution in [0.3, 0.4) is 0 Å². The summed E-state index contributed by atoms with van der Waals surface area (Å²) in [5, 5.41) is 7.85. The summed E-state index contributed by atoms with van der Waals surface area (Å²) in [4.78, 5) is 38.1. The fourth-order valence-corrected chi connectivity index (χ4v) is 3.38. The number of carbonyl (C=O) groups excluding carboxylic acids is 3. The molecule has 160 valence electrons. The van der Waals surface area contributed by atoms with Gasteiger partial charge in [-0.05, 0) is 64.4 Å². The number of hydrogen-bond donors (Lipinski definition) is 3. The molecule has 3 N–H and O–H groups in total. The fraction of sp³-hybridized carbons (Fsp3) is 0.348. The molecular weight excluding hydrogens is 380 g/mol. The SMILES string of the molecule is Cc1ccc(NC(=O)NC(=O)CN(C)CC(=O)Nc2c(C)cc(C)cc2C)c(C)c1. The minimum Gasteiger partial charge on any atom is -0.324 e. The molecule has 0 atom stereocenters. The van der Waals surface area contributed by atoms with Crippen molar-refractivity contribution in [1.82, 2.24) is 10.2 Å². The number of nitrogens with zero attached hydrogens (tertiary/aromatic N) is 1. The zero-order chi connectivity index (χ0) is 22.4. The van der Waals surface area contributed by atoms with Gasteiger partial charge in [0.05, 0.1) is 13.1 Å². The van der Waals surface area contributed by atoms with Crippen LogP contribution in [-0.4, -0.2) is 42.9 Å². The Labute approximate surface area is 177 Å².